The first-order valence-electron chi connectivity index (χ1n) is 4.80. The van der Waals surface area contributed by atoms with Crippen LogP contribution in [-0.2, 0) is 9.59 Å². The van der Waals surface area contributed by atoms with Crippen molar-refractivity contribution in [2.45, 2.75) is 26.1 Å². The zero-order valence-electron chi connectivity index (χ0n) is 9.37. The number of carbonyl (C=O) groups is 2. The van der Waals surface area contributed by atoms with Crippen LogP contribution in [0.25, 0.3) is 0 Å². The van der Waals surface area contributed by atoms with Crippen LogP contribution in [0.15, 0.2) is 0 Å². The lowest BCUT2D eigenvalue weighted by Crippen LogP contribution is -2.45. The highest BCUT2D eigenvalue weighted by Gasteiger charge is 2.28. The second-order valence-corrected chi connectivity index (χ2v) is 4.72. The first-order valence-corrected chi connectivity index (χ1v) is 5.95. The SMILES string of the molecule is CC(C)C(NC(=O)CSCC(F)(F)F)C(=O)O. The van der Waals surface area contributed by atoms with E-state index in [0.29, 0.717) is 11.8 Å². The molecular weight excluding hydrogens is 259 g/mol. The van der Waals surface area contributed by atoms with Crippen LogP contribution >= 0.6 is 11.8 Å². The lowest BCUT2D eigenvalue weighted by molar-refractivity contribution is -0.142. The van der Waals surface area contributed by atoms with Gasteiger partial charge in [0.15, 0.2) is 0 Å². The van der Waals surface area contributed by atoms with E-state index in [1.54, 1.807) is 13.8 Å². The monoisotopic (exact) mass is 273 g/mol. The number of hydrogen-bond acceptors (Lipinski definition) is 3. The van der Waals surface area contributed by atoms with Crippen LogP contribution in [0, 0.1) is 5.92 Å². The molecule has 8 heteroatoms. The molecule has 0 rings (SSSR count). The summed E-state index contributed by atoms with van der Waals surface area (Å²) in [5, 5.41) is 10.9. The van der Waals surface area contributed by atoms with Crippen LogP contribution in [0.4, 0.5) is 13.2 Å². The number of carboxylic acids is 1. The van der Waals surface area contributed by atoms with Crippen molar-refractivity contribution in [1.82, 2.24) is 5.32 Å². The Labute approximate surface area is 101 Å². The van der Waals surface area contributed by atoms with Gasteiger partial charge in [0.2, 0.25) is 5.91 Å². The van der Waals surface area contributed by atoms with Crippen LogP contribution in [-0.4, -0.2) is 40.7 Å². The summed E-state index contributed by atoms with van der Waals surface area (Å²) in [6, 6.07) is -1.08. The van der Waals surface area contributed by atoms with Gasteiger partial charge in [-0.25, -0.2) is 4.79 Å². The second-order valence-electron chi connectivity index (χ2n) is 3.74. The summed E-state index contributed by atoms with van der Waals surface area (Å²) >= 11 is 0.404. The van der Waals surface area contributed by atoms with Gasteiger partial charge in [0.05, 0.1) is 11.5 Å². The summed E-state index contributed by atoms with van der Waals surface area (Å²) in [4.78, 5) is 21.9. The molecule has 0 aliphatic rings. The molecule has 0 saturated carbocycles. The Hall–Kier alpha value is -0.920. The molecule has 17 heavy (non-hydrogen) atoms. The number of hydrogen-bond donors (Lipinski definition) is 2. The molecule has 0 radical (unpaired) electrons. The second kappa shape index (κ2) is 6.73. The molecule has 0 aromatic carbocycles. The molecular formula is C9H14F3NO3S. The maximum atomic E-state index is 11.8. The minimum absolute atomic E-state index is 0.330. The van der Waals surface area contributed by atoms with Crippen LogP contribution < -0.4 is 5.32 Å². The summed E-state index contributed by atoms with van der Waals surface area (Å²) in [7, 11) is 0. The Morgan fingerprint density at radius 1 is 1.35 bits per heavy atom. The zero-order valence-corrected chi connectivity index (χ0v) is 10.2. The smallest absolute Gasteiger partial charge is 0.397 e. The van der Waals surface area contributed by atoms with E-state index in [0.717, 1.165) is 0 Å². The summed E-state index contributed by atoms with van der Waals surface area (Å²) in [6.07, 6.45) is -4.32. The third kappa shape index (κ3) is 7.89. The quantitative estimate of drug-likeness (QED) is 0.770. The molecule has 0 saturated heterocycles. The van der Waals surface area contributed by atoms with Gasteiger partial charge in [-0.2, -0.15) is 13.2 Å². The van der Waals surface area contributed by atoms with E-state index in [4.69, 9.17) is 5.11 Å². The highest BCUT2D eigenvalue weighted by atomic mass is 32.2. The van der Waals surface area contributed by atoms with Crippen molar-refractivity contribution in [3.63, 3.8) is 0 Å². The molecule has 2 N–H and O–H groups in total. The van der Waals surface area contributed by atoms with Crippen molar-refractivity contribution in [2.75, 3.05) is 11.5 Å². The van der Waals surface area contributed by atoms with E-state index < -0.39 is 35.6 Å². The summed E-state index contributed by atoms with van der Waals surface area (Å²) in [5.41, 5.74) is 0. The van der Waals surface area contributed by atoms with Gasteiger partial charge in [-0.15, -0.1) is 11.8 Å². The lowest BCUT2D eigenvalue weighted by atomic mass is 10.1. The van der Waals surface area contributed by atoms with E-state index in [2.05, 4.69) is 5.32 Å². The minimum Gasteiger partial charge on any atom is -0.480 e. The summed E-state index contributed by atoms with van der Waals surface area (Å²) in [6.45, 7) is 3.20. The Morgan fingerprint density at radius 3 is 2.24 bits per heavy atom. The maximum Gasteiger partial charge on any atom is 0.397 e. The molecule has 0 fully saturated rings. The fraction of sp³-hybridized carbons (Fsp3) is 0.778. The van der Waals surface area contributed by atoms with Crippen molar-refractivity contribution in [1.29, 1.82) is 0 Å². The number of carbonyl (C=O) groups excluding carboxylic acids is 1. The van der Waals surface area contributed by atoms with Gasteiger partial charge in [-0.3, -0.25) is 4.79 Å². The number of thioether (sulfide) groups is 1. The molecule has 1 atom stereocenters. The first kappa shape index (κ1) is 16.1. The Kier molecular flexibility index (Phi) is 6.36. The van der Waals surface area contributed by atoms with Gasteiger partial charge >= 0.3 is 12.1 Å². The number of rotatable bonds is 6. The Morgan fingerprint density at radius 2 is 1.88 bits per heavy atom. The third-order valence-corrected chi connectivity index (χ3v) is 2.75. The highest BCUT2D eigenvalue weighted by Crippen LogP contribution is 2.20. The normalized spacial score (nSPS) is 13.5. The van der Waals surface area contributed by atoms with Crippen LogP contribution in [0.3, 0.4) is 0 Å². The van der Waals surface area contributed by atoms with Gasteiger partial charge in [-0.1, -0.05) is 13.8 Å². The standard InChI is InChI=1S/C9H14F3NO3S/c1-5(2)7(8(15)16)13-6(14)3-17-4-9(10,11)12/h5,7H,3-4H2,1-2H3,(H,13,14)(H,15,16). The Bertz CT molecular complexity index is 281. The van der Waals surface area contributed by atoms with Crippen LogP contribution in [0.2, 0.25) is 0 Å². The fourth-order valence-corrected chi connectivity index (χ4v) is 1.59. The number of alkyl halides is 3. The largest absolute Gasteiger partial charge is 0.480 e. The van der Waals surface area contributed by atoms with Crippen molar-refractivity contribution < 1.29 is 27.9 Å². The molecule has 0 spiro atoms. The van der Waals surface area contributed by atoms with Crippen molar-refractivity contribution in [2.24, 2.45) is 5.92 Å². The number of nitrogens with one attached hydrogen (secondary N) is 1. The van der Waals surface area contributed by atoms with Crippen molar-refractivity contribution >= 4 is 23.6 Å². The molecule has 0 aliphatic heterocycles. The Balaban J connectivity index is 4.04. The lowest BCUT2D eigenvalue weighted by Gasteiger charge is -2.17. The molecule has 0 aromatic rings. The number of aliphatic carboxylic acids is 1. The molecule has 0 heterocycles. The van der Waals surface area contributed by atoms with Crippen LogP contribution in [0.1, 0.15) is 13.8 Å². The minimum atomic E-state index is -4.32. The fourth-order valence-electron chi connectivity index (χ4n) is 0.988. The van der Waals surface area contributed by atoms with Gasteiger partial charge < -0.3 is 10.4 Å². The molecule has 0 aliphatic carbocycles. The van der Waals surface area contributed by atoms with E-state index in [1.807, 2.05) is 0 Å². The van der Waals surface area contributed by atoms with E-state index in [1.165, 1.54) is 0 Å². The van der Waals surface area contributed by atoms with Crippen molar-refractivity contribution in [3.8, 4) is 0 Å². The molecule has 0 bridgehead atoms. The summed E-state index contributed by atoms with van der Waals surface area (Å²) in [5.74, 6) is -3.77. The van der Waals surface area contributed by atoms with Gasteiger partial charge in [-0.05, 0) is 5.92 Å². The van der Waals surface area contributed by atoms with E-state index in [-0.39, 0.29) is 5.92 Å². The molecule has 1 amide bonds. The molecule has 4 nitrogen and oxygen atoms in total. The number of carboxylic acid groups (broad SMARTS) is 1. The number of amides is 1. The van der Waals surface area contributed by atoms with E-state index in [9.17, 15) is 22.8 Å². The van der Waals surface area contributed by atoms with Gasteiger partial charge in [0.25, 0.3) is 0 Å². The predicted molar refractivity (Wildman–Crippen MR) is 57.8 cm³/mol. The molecule has 1 unspecified atom stereocenters. The van der Waals surface area contributed by atoms with Crippen LogP contribution in [0.5, 0.6) is 0 Å². The number of halogens is 3. The molecule has 0 aromatic heterocycles. The molecule has 100 valence electrons. The third-order valence-electron chi connectivity index (χ3n) is 1.75. The predicted octanol–water partition coefficient (Wildman–Crippen LogP) is 1.51. The van der Waals surface area contributed by atoms with Gasteiger partial charge in [0, 0.05) is 0 Å². The maximum absolute atomic E-state index is 11.8. The van der Waals surface area contributed by atoms with Gasteiger partial charge in [0.1, 0.15) is 6.04 Å². The average Bonchev–Trinajstić information content (AvgIpc) is 2.10. The average molecular weight is 273 g/mol. The topological polar surface area (TPSA) is 66.4 Å². The van der Waals surface area contributed by atoms with Crippen molar-refractivity contribution in [3.05, 3.63) is 0 Å². The zero-order chi connectivity index (χ0) is 13.6. The first-order chi connectivity index (χ1) is 7.63. The summed E-state index contributed by atoms with van der Waals surface area (Å²) < 4.78 is 35.3. The van der Waals surface area contributed by atoms with E-state index >= 15 is 0 Å². The highest BCUT2D eigenvalue weighted by molar-refractivity contribution is 8.00.